The second-order valence-electron chi connectivity index (χ2n) is 4.26. The number of hydrogen-bond donors (Lipinski definition) is 1. The maximum Gasteiger partial charge on any atom is 0.186 e. The Bertz CT molecular complexity index is 573. The van der Waals surface area contributed by atoms with Gasteiger partial charge in [-0.1, -0.05) is 54.6 Å². The molecule has 0 saturated heterocycles. The fourth-order valence-corrected chi connectivity index (χ4v) is 1.96. The third-order valence-corrected chi connectivity index (χ3v) is 3.10. The van der Waals surface area contributed by atoms with Crippen molar-refractivity contribution in [3.8, 4) is 11.1 Å². The Morgan fingerprint density at radius 1 is 0.789 bits per heavy atom. The van der Waals surface area contributed by atoms with Crippen LogP contribution in [0.15, 0.2) is 54.6 Å². The van der Waals surface area contributed by atoms with E-state index in [1.165, 1.54) is 0 Å². The molecule has 0 aliphatic rings. The zero-order chi connectivity index (χ0) is 13.7. The van der Waals surface area contributed by atoms with Gasteiger partial charge in [0.25, 0.3) is 0 Å². The summed E-state index contributed by atoms with van der Waals surface area (Å²) >= 11 is 3.66. The van der Waals surface area contributed by atoms with Gasteiger partial charge in [-0.2, -0.15) is 0 Å². The topological polar surface area (TPSA) is 34.1 Å². The van der Waals surface area contributed by atoms with Gasteiger partial charge in [0.05, 0.1) is 0 Å². The van der Waals surface area contributed by atoms with Crippen molar-refractivity contribution in [3.63, 3.8) is 0 Å². The van der Waals surface area contributed by atoms with Crippen molar-refractivity contribution < 1.29 is 9.59 Å². The maximum atomic E-state index is 11.8. The Balaban J connectivity index is 2.10. The third-order valence-electron chi connectivity index (χ3n) is 2.88. The second-order valence-corrected chi connectivity index (χ2v) is 4.76. The minimum Gasteiger partial charge on any atom is -0.294 e. The van der Waals surface area contributed by atoms with Crippen molar-refractivity contribution in [3.05, 3.63) is 60.2 Å². The molecule has 3 heteroatoms. The Kier molecular flexibility index (Phi) is 4.53. The Hall–Kier alpha value is -1.87. The monoisotopic (exact) mass is 270 g/mol. The van der Waals surface area contributed by atoms with Crippen molar-refractivity contribution in [2.24, 2.45) is 0 Å². The Morgan fingerprint density at radius 2 is 1.37 bits per heavy atom. The van der Waals surface area contributed by atoms with Gasteiger partial charge in [0, 0.05) is 18.4 Å². The molecule has 0 amide bonds. The average Bonchev–Trinajstić information content (AvgIpc) is 2.46. The van der Waals surface area contributed by atoms with E-state index in [0.717, 1.165) is 11.1 Å². The van der Waals surface area contributed by atoms with Crippen LogP contribution in [0.1, 0.15) is 23.2 Å². The van der Waals surface area contributed by atoms with Gasteiger partial charge in [-0.15, -0.1) is 12.6 Å². The lowest BCUT2D eigenvalue weighted by Crippen LogP contribution is -2.01. The fraction of sp³-hybridized carbons (Fsp3) is 0.125. The van der Waals surface area contributed by atoms with Crippen LogP contribution in [-0.2, 0) is 4.79 Å². The number of ketones is 1. The molecule has 0 fully saturated rings. The molecule has 0 unspecified atom stereocenters. The van der Waals surface area contributed by atoms with E-state index >= 15 is 0 Å². The molecule has 2 nitrogen and oxygen atoms in total. The van der Waals surface area contributed by atoms with Crippen LogP contribution in [0.25, 0.3) is 11.1 Å². The number of Topliss-reactive ketones (excluding diaryl/α,β-unsaturated/α-hetero) is 1. The lowest BCUT2D eigenvalue weighted by Gasteiger charge is -2.03. The summed E-state index contributed by atoms with van der Waals surface area (Å²) in [5, 5.41) is -0.255. The summed E-state index contributed by atoms with van der Waals surface area (Å²) in [5.41, 5.74) is 2.82. The molecule has 0 bridgehead atoms. The van der Waals surface area contributed by atoms with Crippen molar-refractivity contribution >= 4 is 23.5 Å². The van der Waals surface area contributed by atoms with Crippen LogP contribution in [0, 0.1) is 0 Å². The van der Waals surface area contributed by atoms with Gasteiger partial charge in [-0.25, -0.2) is 0 Å². The summed E-state index contributed by atoms with van der Waals surface area (Å²) < 4.78 is 0. The lowest BCUT2D eigenvalue weighted by molar-refractivity contribution is -0.110. The van der Waals surface area contributed by atoms with Gasteiger partial charge in [0.2, 0.25) is 0 Å². The predicted molar refractivity (Wildman–Crippen MR) is 79.4 cm³/mol. The first-order valence-electron chi connectivity index (χ1n) is 6.07. The van der Waals surface area contributed by atoms with E-state index in [2.05, 4.69) is 12.6 Å². The molecule has 0 saturated carbocycles. The number of hydrogen-bond acceptors (Lipinski definition) is 2. The van der Waals surface area contributed by atoms with E-state index in [0.29, 0.717) is 5.56 Å². The molecular weight excluding hydrogens is 256 g/mol. The summed E-state index contributed by atoms with van der Waals surface area (Å²) in [4.78, 5) is 22.5. The molecule has 0 atom stereocenters. The third kappa shape index (κ3) is 3.80. The van der Waals surface area contributed by atoms with Crippen LogP contribution >= 0.6 is 12.6 Å². The molecule has 0 N–H and O–H groups in total. The van der Waals surface area contributed by atoms with Crippen molar-refractivity contribution in [2.45, 2.75) is 12.8 Å². The summed E-state index contributed by atoms with van der Waals surface area (Å²) in [7, 11) is 0. The van der Waals surface area contributed by atoms with E-state index in [9.17, 15) is 9.59 Å². The van der Waals surface area contributed by atoms with Gasteiger partial charge in [-0.3, -0.25) is 9.59 Å². The van der Waals surface area contributed by atoms with Crippen molar-refractivity contribution in [2.75, 3.05) is 0 Å². The van der Waals surface area contributed by atoms with Crippen LogP contribution in [-0.4, -0.2) is 10.9 Å². The Labute approximate surface area is 117 Å². The highest BCUT2D eigenvalue weighted by atomic mass is 32.1. The zero-order valence-electron chi connectivity index (χ0n) is 10.4. The molecular formula is C16H14O2S. The molecule has 0 aromatic heterocycles. The minimum atomic E-state index is -0.255. The first-order chi connectivity index (χ1) is 9.16. The number of benzene rings is 2. The standard InChI is InChI=1S/C16H14O2S/c17-15(10-11-16(18)19)14-8-6-13(7-9-14)12-4-2-1-3-5-12/h1-9H,10-11H2,(H,18,19). The number of thiol groups is 1. The van der Waals surface area contributed by atoms with E-state index in [4.69, 9.17) is 0 Å². The number of rotatable bonds is 5. The van der Waals surface area contributed by atoms with Gasteiger partial charge in [0.1, 0.15) is 0 Å². The summed E-state index contributed by atoms with van der Waals surface area (Å²) in [5.74, 6) is -0.0259. The molecule has 2 rings (SSSR count). The van der Waals surface area contributed by atoms with Gasteiger partial charge >= 0.3 is 0 Å². The molecule has 0 heterocycles. The quantitative estimate of drug-likeness (QED) is 0.663. The van der Waals surface area contributed by atoms with Crippen molar-refractivity contribution in [1.82, 2.24) is 0 Å². The maximum absolute atomic E-state index is 11.8. The Morgan fingerprint density at radius 3 is 1.95 bits per heavy atom. The van der Waals surface area contributed by atoms with Crippen LogP contribution < -0.4 is 0 Å². The van der Waals surface area contributed by atoms with Crippen molar-refractivity contribution in [1.29, 1.82) is 0 Å². The number of carbonyl (C=O) groups excluding carboxylic acids is 2. The number of carbonyl (C=O) groups is 2. The lowest BCUT2D eigenvalue weighted by atomic mass is 10.0. The van der Waals surface area contributed by atoms with Crippen LogP contribution in [0.5, 0.6) is 0 Å². The normalized spacial score (nSPS) is 10.2. The molecule has 19 heavy (non-hydrogen) atoms. The molecule has 0 radical (unpaired) electrons. The van der Waals surface area contributed by atoms with E-state index < -0.39 is 0 Å². The molecule has 0 aliphatic carbocycles. The summed E-state index contributed by atoms with van der Waals surface area (Å²) in [6.45, 7) is 0. The van der Waals surface area contributed by atoms with Gasteiger partial charge < -0.3 is 0 Å². The highest BCUT2D eigenvalue weighted by molar-refractivity contribution is 7.96. The fourth-order valence-electron chi connectivity index (χ4n) is 1.84. The molecule has 0 aliphatic heterocycles. The molecule has 96 valence electrons. The first-order valence-corrected chi connectivity index (χ1v) is 6.52. The van der Waals surface area contributed by atoms with Gasteiger partial charge in [0.15, 0.2) is 10.9 Å². The van der Waals surface area contributed by atoms with E-state index in [1.54, 1.807) is 12.1 Å². The van der Waals surface area contributed by atoms with Gasteiger partial charge in [-0.05, 0) is 11.1 Å². The van der Waals surface area contributed by atoms with Crippen LogP contribution in [0.3, 0.4) is 0 Å². The minimum absolute atomic E-state index is 0.0259. The van der Waals surface area contributed by atoms with Crippen LogP contribution in [0.2, 0.25) is 0 Å². The molecule has 2 aromatic carbocycles. The smallest absolute Gasteiger partial charge is 0.186 e. The first kappa shape index (κ1) is 13.6. The van der Waals surface area contributed by atoms with E-state index in [1.807, 2.05) is 42.5 Å². The highest BCUT2D eigenvalue weighted by Gasteiger charge is 2.07. The average molecular weight is 270 g/mol. The predicted octanol–water partition coefficient (Wildman–Crippen LogP) is 3.77. The molecule has 0 spiro atoms. The summed E-state index contributed by atoms with van der Waals surface area (Å²) in [6, 6.07) is 17.4. The molecule has 2 aromatic rings. The highest BCUT2D eigenvalue weighted by Crippen LogP contribution is 2.19. The summed E-state index contributed by atoms with van der Waals surface area (Å²) in [6.07, 6.45) is 0.398. The SMILES string of the molecule is O=C(S)CCC(=O)c1ccc(-c2ccccc2)cc1. The zero-order valence-corrected chi connectivity index (χ0v) is 11.3. The largest absolute Gasteiger partial charge is 0.294 e. The van der Waals surface area contributed by atoms with Crippen LogP contribution in [0.4, 0.5) is 0 Å². The second kappa shape index (κ2) is 6.34. The van der Waals surface area contributed by atoms with E-state index in [-0.39, 0.29) is 23.7 Å².